The van der Waals surface area contributed by atoms with Crippen molar-refractivity contribution >= 4 is 11.6 Å². The molecule has 92 valence electrons. The van der Waals surface area contributed by atoms with E-state index in [0.717, 1.165) is 37.6 Å². The second-order valence-corrected chi connectivity index (χ2v) is 4.82. The summed E-state index contributed by atoms with van der Waals surface area (Å²) in [5.74, 6) is 0. The summed E-state index contributed by atoms with van der Waals surface area (Å²) < 4.78 is 0. The van der Waals surface area contributed by atoms with Gasteiger partial charge in [-0.25, -0.2) is 0 Å². The van der Waals surface area contributed by atoms with E-state index in [0.29, 0.717) is 6.04 Å². The first-order valence-corrected chi connectivity index (χ1v) is 6.50. The molecule has 1 atom stereocenters. The van der Waals surface area contributed by atoms with Crippen LogP contribution in [0.5, 0.6) is 0 Å². The van der Waals surface area contributed by atoms with E-state index in [4.69, 9.17) is 11.6 Å². The molecule has 0 radical (unpaired) electrons. The Morgan fingerprint density at radius 3 is 2.82 bits per heavy atom. The van der Waals surface area contributed by atoms with E-state index in [1.165, 1.54) is 5.56 Å². The maximum Gasteiger partial charge on any atom is 0.0409 e. The van der Waals surface area contributed by atoms with Crippen LogP contribution in [0.25, 0.3) is 0 Å². The van der Waals surface area contributed by atoms with Crippen molar-refractivity contribution in [1.29, 1.82) is 0 Å². The van der Waals surface area contributed by atoms with Crippen LogP contribution >= 0.6 is 11.6 Å². The molecule has 1 aliphatic rings. The van der Waals surface area contributed by atoms with E-state index in [9.17, 15) is 0 Å². The Kier molecular flexibility index (Phi) is 4.60. The maximum atomic E-state index is 6.07. The van der Waals surface area contributed by atoms with Crippen LogP contribution in [0.2, 0.25) is 5.02 Å². The Balaban J connectivity index is 2.18. The zero-order valence-electron chi connectivity index (χ0n) is 10.0. The number of hydrogen-bond acceptors (Lipinski definition) is 2. The summed E-state index contributed by atoms with van der Waals surface area (Å²) in [4.78, 5) is 2.50. The molecule has 0 aliphatic carbocycles. The van der Waals surface area contributed by atoms with Gasteiger partial charge in [0.25, 0.3) is 0 Å². The van der Waals surface area contributed by atoms with Crippen LogP contribution in [0.3, 0.4) is 0 Å². The molecule has 0 unspecified atom stereocenters. The minimum absolute atomic E-state index is 0.410. The second-order valence-electron chi connectivity index (χ2n) is 4.38. The minimum Gasteiger partial charge on any atom is -0.314 e. The van der Waals surface area contributed by atoms with E-state index in [1.807, 2.05) is 18.2 Å². The van der Waals surface area contributed by atoms with Crippen LogP contribution in [0.1, 0.15) is 18.0 Å². The van der Waals surface area contributed by atoms with Gasteiger partial charge >= 0.3 is 0 Å². The number of piperazine rings is 1. The molecular weight excluding hydrogens is 232 g/mol. The molecule has 2 rings (SSSR count). The Hall–Kier alpha value is -0.830. The van der Waals surface area contributed by atoms with Gasteiger partial charge in [-0.15, -0.1) is 6.58 Å². The lowest BCUT2D eigenvalue weighted by atomic mass is 10.0. The summed E-state index contributed by atoms with van der Waals surface area (Å²) in [6.45, 7) is 8.17. The average Bonchev–Trinajstić information content (AvgIpc) is 2.37. The summed E-state index contributed by atoms with van der Waals surface area (Å²) in [7, 11) is 0. The summed E-state index contributed by atoms with van der Waals surface area (Å²) in [5.41, 5.74) is 1.29. The Morgan fingerprint density at radius 1 is 1.41 bits per heavy atom. The van der Waals surface area contributed by atoms with Crippen LogP contribution in [-0.2, 0) is 0 Å². The van der Waals surface area contributed by atoms with Crippen molar-refractivity contribution in [3.8, 4) is 0 Å². The highest BCUT2D eigenvalue weighted by Crippen LogP contribution is 2.26. The molecule has 1 aromatic carbocycles. The summed E-state index contributed by atoms with van der Waals surface area (Å²) in [6, 6.07) is 8.58. The highest BCUT2D eigenvalue weighted by Gasteiger charge is 2.20. The minimum atomic E-state index is 0.410. The molecule has 0 bridgehead atoms. The van der Waals surface area contributed by atoms with Crippen molar-refractivity contribution in [2.24, 2.45) is 0 Å². The quantitative estimate of drug-likeness (QED) is 0.827. The molecule has 0 amide bonds. The summed E-state index contributed by atoms with van der Waals surface area (Å²) >= 11 is 6.07. The van der Waals surface area contributed by atoms with Crippen LogP contribution in [-0.4, -0.2) is 31.1 Å². The van der Waals surface area contributed by atoms with Gasteiger partial charge in [-0.3, -0.25) is 4.90 Å². The van der Waals surface area contributed by atoms with Gasteiger partial charge in [0.05, 0.1) is 0 Å². The zero-order chi connectivity index (χ0) is 12.1. The molecule has 1 N–H and O–H groups in total. The number of rotatable bonds is 4. The molecule has 0 spiro atoms. The van der Waals surface area contributed by atoms with Gasteiger partial charge in [0.15, 0.2) is 0 Å². The number of halogens is 1. The highest BCUT2D eigenvalue weighted by molar-refractivity contribution is 6.30. The Morgan fingerprint density at radius 2 is 2.18 bits per heavy atom. The van der Waals surface area contributed by atoms with Gasteiger partial charge in [-0.1, -0.05) is 29.8 Å². The maximum absolute atomic E-state index is 6.07. The van der Waals surface area contributed by atoms with Gasteiger partial charge in [-0.05, 0) is 24.1 Å². The molecule has 1 aliphatic heterocycles. The third-order valence-electron chi connectivity index (χ3n) is 3.22. The summed E-state index contributed by atoms with van der Waals surface area (Å²) in [6.07, 6.45) is 2.97. The van der Waals surface area contributed by atoms with E-state index in [1.54, 1.807) is 0 Å². The fraction of sp³-hybridized carbons (Fsp3) is 0.429. The van der Waals surface area contributed by atoms with Gasteiger partial charge in [-0.2, -0.15) is 0 Å². The van der Waals surface area contributed by atoms with E-state index in [2.05, 4.69) is 28.9 Å². The highest BCUT2D eigenvalue weighted by atomic mass is 35.5. The van der Waals surface area contributed by atoms with Crippen molar-refractivity contribution in [2.75, 3.05) is 26.2 Å². The predicted octanol–water partition coefficient (Wildman–Crippen LogP) is 2.86. The summed E-state index contributed by atoms with van der Waals surface area (Å²) in [5, 5.41) is 4.19. The van der Waals surface area contributed by atoms with Gasteiger partial charge < -0.3 is 5.32 Å². The topological polar surface area (TPSA) is 15.3 Å². The first-order valence-electron chi connectivity index (χ1n) is 6.12. The molecule has 0 saturated carbocycles. The lowest BCUT2D eigenvalue weighted by Crippen LogP contribution is -2.45. The van der Waals surface area contributed by atoms with Crippen molar-refractivity contribution < 1.29 is 0 Å². The molecule has 0 aromatic heterocycles. The van der Waals surface area contributed by atoms with E-state index < -0.39 is 0 Å². The largest absolute Gasteiger partial charge is 0.314 e. The SMILES string of the molecule is C=CC[C@@H](c1cccc(Cl)c1)N1CCNCC1. The van der Waals surface area contributed by atoms with Crippen molar-refractivity contribution in [1.82, 2.24) is 10.2 Å². The van der Waals surface area contributed by atoms with Crippen molar-refractivity contribution in [3.05, 3.63) is 47.5 Å². The lowest BCUT2D eigenvalue weighted by Gasteiger charge is -2.34. The smallest absolute Gasteiger partial charge is 0.0409 e. The molecule has 1 saturated heterocycles. The predicted molar refractivity (Wildman–Crippen MR) is 73.4 cm³/mol. The lowest BCUT2D eigenvalue weighted by molar-refractivity contribution is 0.174. The monoisotopic (exact) mass is 250 g/mol. The number of nitrogens with zero attached hydrogens (tertiary/aromatic N) is 1. The van der Waals surface area contributed by atoms with Gasteiger partial charge in [0.2, 0.25) is 0 Å². The Bertz CT molecular complexity index is 372. The number of benzene rings is 1. The van der Waals surface area contributed by atoms with Crippen LogP contribution in [0.15, 0.2) is 36.9 Å². The van der Waals surface area contributed by atoms with Crippen LogP contribution in [0.4, 0.5) is 0 Å². The molecule has 17 heavy (non-hydrogen) atoms. The Labute approximate surface area is 108 Å². The third kappa shape index (κ3) is 3.32. The first kappa shape index (κ1) is 12.6. The van der Waals surface area contributed by atoms with Gasteiger partial charge in [0.1, 0.15) is 0 Å². The average molecular weight is 251 g/mol. The van der Waals surface area contributed by atoms with Crippen LogP contribution in [0, 0.1) is 0 Å². The fourth-order valence-corrected chi connectivity index (χ4v) is 2.56. The number of hydrogen-bond donors (Lipinski definition) is 1. The molecular formula is C14H19ClN2. The molecule has 1 aromatic rings. The number of nitrogens with one attached hydrogen (secondary N) is 1. The standard InChI is InChI=1S/C14H19ClN2/c1-2-4-14(17-9-7-16-8-10-17)12-5-3-6-13(15)11-12/h2-3,5-6,11,14,16H,1,4,7-10H2/t14-/m0/s1. The van der Waals surface area contributed by atoms with Crippen molar-refractivity contribution in [3.63, 3.8) is 0 Å². The molecule has 2 nitrogen and oxygen atoms in total. The van der Waals surface area contributed by atoms with Crippen molar-refractivity contribution in [2.45, 2.75) is 12.5 Å². The van der Waals surface area contributed by atoms with Crippen LogP contribution < -0.4 is 5.32 Å². The fourth-order valence-electron chi connectivity index (χ4n) is 2.36. The normalized spacial score (nSPS) is 18.9. The van der Waals surface area contributed by atoms with E-state index in [-0.39, 0.29) is 0 Å². The van der Waals surface area contributed by atoms with E-state index >= 15 is 0 Å². The molecule has 1 heterocycles. The molecule has 1 fully saturated rings. The second kappa shape index (κ2) is 6.20. The molecule has 3 heteroatoms. The van der Waals surface area contributed by atoms with Gasteiger partial charge in [0, 0.05) is 37.2 Å². The zero-order valence-corrected chi connectivity index (χ0v) is 10.8. The first-order chi connectivity index (χ1) is 8.31. The third-order valence-corrected chi connectivity index (χ3v) is 3.45.